The number of nitrogens with one attached hydrogen (secondary N) is 1. The molecule has 1 N–H and O–H groups in total. The Kier molecular flexibility index (Phi) is 5.81. The summed E-state index contributed by atoms with van der Waals surface area (Å²) in [5.74, 6) is -0.346. The number of amides is 1. The first-order valence-electron chi connectivity index (χ1n) is 9.42. The van der Waals surface area contributed by atoms with E-state index in [-0.39, 0.29) is 24.7 Å². The van der Waals surface area contributed by atoms with Gasteiger partial charge in [0.15, 0.2) is 0 Å². The fourth-order valence-electron chi connectivity index (χ4n) is 4.22. The van der Waals surface area contributed by atoms with Gasteiger partial charge in [0.25, 0.3) is 0 Å². The van der Waals surface area contributed by atoms with Gasteiger partial charge in [-0.15, -0.1) is 0 Å². The van der Waals surface area contributed by atoms with Crippen molar-refractivity contribution in [3.05, 3.63) is 35.9 Å². The monoisotopic (exact) mass is 360 g/mol. The molecule has 2 saturated heterocycles. The van der Waals surface area contributed by atoms with Gasteiger partial charge in [-0.2, -0.15) is 0 Å². The molecule has 0 spiro atoms. The molecule has 2 atom stereocenters. The molecule has 2 aliphatic heterocycles. The third-order valence-electron chi connectivity index (χ3n) is 5.62. The second-order valence-corrected chi connectivity index (χ2v) is 7.30. The Bertz CT molecular complexity index is 620. The Morgan fingerprint density at radius 1 is 1.15 bits per heavy atom. The lowest BCUT2D eigenvalue weighted by Gasteiger charge is -2.51. The highest BCUT2D eigenvalue weighted by Gasteiger charge is 2.51. The Labute approximate surface area is 154 Å². The van der Waals surface area contributed by atoms with Gasteiger partial charge >= 0.3 is 12.1 Å². The van der Waals surface area contributed by atoms with Gasteiger partial charge in [-0.3, -0.25) is 0 Å². The molecule has 2 heterocycles. The van der Waals surface area contributed by atoms with E-state index in [0.717, 1.165) is 24.8 Å². The molecule has 142 valence electrons. The van der Waals surface area contributed by atoms with Crippen molar-refractivity contribution < 1.29 is 19.1 Å². The summed E-state index contributed by atoms with van der Waals surface area (Å²) < 4.78 is 10.7. The average molecular weight is 360 g/mol. The molecule has 1 aromatic rings. The lowest BCUT2D eigenvalue weighted by molar-refractivity contribution is -0.156. The maximum Gasteiger partial charge on any atom is 0.408 e. The molecule has 2 aliphatic rings. The molecule has 1 amide bonds. The molecular weight excluding hydrogens is 332 g/mol. The molecule has 0 aromatic heterocycles. The number of hydrogen-bond donors (Lipinski definition) is 1. The molecule has 6 heteroatoms. The van der Waals surface area contributed by atoms with Gasteiger partial charge in [0.1, 0.15) is 12.1 Å². The van der Waals surface area contributed by atoms with Crippen LogP contribution in [0.25, 0.3) is 0 Å². The van der Waals surface area contributed by atoms with E-state index < -0.39 is 11.6 Å². The average Bonchev–Trinajstić information content (AvgIpc) is 2.62. The summed E-state index contributed by atoms with van der Waals surface area (Å²) in [7, 11) is 2.11. The molecule has 0 saturated carbocycles. The van der Waals surface area contributed by atoms with E-state index in [2.05, 4.69) is 17.3 Å². The number of esters is 1. The van der Waals surface area contributed by atoms with E-state index in [1.165, 1.54) is 0 Å². The van der Waals surface area contributed by atoms with E-state index >= 15 is 0 Å². The summed E-state index contributed by atoms with van der Waals surface area (Å²) in [6, 6.07) is 10.1. The molecule has 0 aliphatic carbocycles. The van der Waals surface area contributed by atoms with Crippen molar-refractivity contribution in [2.75, 3.05) is 13.7 Å². The van der Waals surface area contributed by atoms with Crippen LogP contribution in [0, 0.1) is 0 Å². The summed E-state index contributed by atoms with van der Waals surface area (Å²) in [5, 5.41) is 2.87. The number of nitrogens with zero attached hydrogens (tertiary/aromatic N) is 1. The third-order valence-corrected chi connectivity index (χ3v) is 5.62. The Balaban J connectivity index is 1.70. The third kappa shape index (κ3) is 4.01. The number of fused-ring (bicyclic) bond motifs is 2. The minimum Gasteiger partial charge on any atom is -0.464 e. The maximum atomic E-state index is 12.8. The highest BCUT2D eigenvalue weighted by Crippen LogP contribution is 2.39. The second kappa shape index (κ2) is 8.08. The van der Waals surface area contributed by atoms with Crippen molar-refractivity contribution >= 4 is 12.1 Å². The van der Waals surface area contributed by atoms with Crippen LogP contribution in [-0.2, 0) is 20.9 Å². The lowest BCUT2D eigenvalue weighted by Crippen LogP contribution is -2.66. The van der Waals surface area contributed by atoms with E-state index in [0.29, 0.717) is 19.4 Å². The standard InChI is InChI=1S/C20H28N2O4/c1-3-25-18(23)20(12-16-10-7-11-17(13-20)22(16)2)21-19(24)26-14-15-8-5-4-6-9-15/h4-6,8-9,16-17H,3,7,10-14H2,1-2H3,(H,21,24). The minimum atomic E-state index is -0.994. The number of rotatable bonds is 5. The summed E-state index contributed by atoms with van der Waals surface area (Å²) >= 11 is 0. The fraction of sp³-hybridized carbons (Fsp3) is 0.600. The van der Waals surface area contributed by atoms with E-state index in [4.69, 9.17) is 9.47 Å². The van der Waals surface area contributed by atoms with Gasteiger partial charge in [-0.05, 0) is 45.2 Å². The Morgan fingerprint density at radius 3 is 2.42 bits per heavy atom. The number of alkyl carbamates (subject to hydrolysis) is 1. The molecule has 2 bridgehead atoms. The number of ether oxygens (including phenoxy) is 2. The summed E-state index contributed by atoms with van der Waals surface area (Å²) in [5.41, 5.74) is -0.0837. The highest BCUT2D eigenvalue weighted by molar-refractivity contribution is 5.86. The van der Waals surface area contributed by atoms with Crippen LogP contribution in [0.15, 0.2) is 30.3 Å². The van der Waals surface area contributed by atoms with Crippen LogP contribution in [0.3, 0.4) is 0 Å². The van der Waals surface area contributed by atoms with Crippen LogP contribution in [0.4, 0.5) is 4.79 Å². The zero-order valence-electron chi connectivity index (χ0n) is 15.6. The van der Waals surface area contributed by atoms with Crippen LogP contribution in [-0.4, -0.2) is 48.2 Å². The molecular formula is C20H28N2O4. The van der Waals surface area contributed by atoms with Gasteiger partial charge in [-0.1, -0.05) is 36.8 Å². The summed E-state index contributed by atoms with van der Waals surface area (Å²) in [4.78, 5) is 27.5. The van der Waals surface area contributed by atoms with Crippen molar-refractivity contribution in [1.82, 2.24) is 10.2 Å². The number of carbonyl (C=O) groups is 2. The number of carbonyl (C=O) groups excluding carboxylic acids is 2. The minimum absolute atomic E-state index is 0.179. The van der Waals surface area contributed by atoms with E-state index in [1.807, 2.05) is 30.3 Å². The number of hydrogen-bond acceptors (Lipinski definition) is 5. The quantitative estimate of drug-likeness (QED) is 0.818. The second-order valence-electron chi connectivity index (χ2n) is 7.30. The smallest absolute Gasteiger partial charge is 0.408 e. The number of benzene rings is 1. The van der Waals surface area contributed by atoms with Crippen molar-refractivity contribution in [1.29, 1.82) is 0 Å². The van der Waals surface area contributed by atoms with Gasteiger partial charge in [-0.25, -0.2) is 9.59 Å². The van der Waals surface area contributed by atoms with Crippen molar-refractivity contribution in [2.45, 2.75) is 63.3 Å². The van der Waals surface area contributed by atoms with Crippen molar-refractivity contribution in [2.24, 2.45) is 0 Å². The predicted molar refractivity (Wildman–Crippen MR) is 97.6 cm³/mol. The first kappa shape index (κ1) is 18.7. The van der Waals surface area contributed by atoms with Crippen molar-refractivity contribution in [3.63, 3.8) is 0 Å². The van der Waals surface area contributed by atoms with Crippen molar-refractivity contribution in [3.8, 4) is 0 Å². The molecule has 3 rings (SSSR count). The predicted octanol–water partition coefficient (Wildman–Crippen LogP) is 2.86. The molecule has 2 unspecified atom stereocenters. The van der Waals surface area contributed by atoms with E-state index in [1.54, 1.807) is 6.92 Å². The Hall–Kier alpha value is -2.08. The highest BCUT2D eigenvalue weighted by atomic mass is 16.6. The van der Waals surface area contributed by atoms with Crippen LogP contribution < -0.4 is 5.32 Å². The van der Waals surface area contributed by atoms with Crippen LogP contribution in [0.5, 0.6) is 0 Å². The maximum absolute atomic E-state index is 12.8. The van der Waals surface area contributed by atoms with Gasteiger partial charge in [0, 0.05) is 12.1 Å². The molecule has 1 aromatic carbocycles. The normalized spacial score (nSPS) is 28.2. The fourth-order valence-corrected chi connectivity index (χ4v) is 4.22. The van der Waals surface area contributed by atoms with Crippen LogP contribution in [0.1, 0.15) is 44.6 Å². The number of piperidine rings is 2. The lowest BCUT2D eigenvalue weighted by atomic mass is 9.73. The molecule has 0 radical (unpaired) electrons. The summed E-state index contributed by atoms with van der Waals surface area (Å²) in [6.45, 7) is 2.26. The SMILES string of the molecule is CCOC(=O)C1(NC(=O)OCc2ccccc2)CC2CCCC(C1)N2C. The van der Waals surface area contributed by atoms with Crippen LogP contribution >= 0.6 is 0 Å². The van der Waals surface area contributed by atoms with Gasteiger partial charge < -0.3 is 19.7 Å². The van der Waals surface area contributed by atoms with Gasteiger partial charge in [0.05, 0.1) is 6.61 Å². The first-order chi connectivity index (χ1) is 12.5. The zero-order chi connectivity index (χ0) is 18.6. The Morgan fingerprint density at radius 2 is 1.81 bits per heavy atom. The van der Waals surface area contributed by atoms with E-state index in [9.17, 15) is 9.59 Å². The summed E-state index contributed by atoms with van der Waals surface area (Å²) in [6.07, 6.45) is 3.81. The van der Waals surface area contributed by atoms with Gasteiger partial charge in [0.2, 0.25) is 0 Å². The zero-order valence-corrected chi connectivity index (χ0v) is 15.6. The topological polar surface area (TPSA) is 67.9 Å². The largest absolute Gasteiger partial charge is 0.464 e. The molecule has 26 heavy (non-hydrogen) atoms. The molecule has 2 fully saturated rings. The first-order valence-corrected chi connectivity index (χ1v) is 9.42. The molecule has 6 nitrogen and oxygen atoms in total. The van der Waals surface area contributed by atoms with Crippen LogP contribution in [0.2, 0.25) is 0 Å².